The number of hydrogen-bond donors (Lipinski definition) is 0. The van der Waals surface area contributed by atoms with Crippen molar-refractivity contribution in [2.75, 3.05) is 0 Å². The number of unbranched alkanes of at least 4 members (excludes halogenated alkanes) is 2. The average Bonchev–Trinajstić information content (AvgIpc) is 2.42. The van der Waals surface area contributed by atoms with Crippen molar-refractivity contribution in [2.24, 2.45) is 0 Å². The summed E-state index contributed by atoms with van der Waals surface area (Å²) in [4.78, 5) is 11.5. The molecule has 100 valence electrons. The van der Waals surface area contributed by atoms with Gasteiger partial charge in [-0.3, -0.25) is 0 Å². The van der Waals surface area contributed by atoms with Gasteiger partial charge in [0.1, 0.15) is 6.10 Å². The van der Waals surface area contributed by atoms with Crippen LogP contribution in [0.5, 0.6) is 0 Å². The molecule has 1 rings (SSSR count). The Hall–Kier alpha value is -2.01. The molecule has 0 fully saturated rings. The SMILES string of the molecule is CCCC/C=C/[C@H](C)OC(=O)C#Cc1ccccc1. The standard InChI is InChI=1S/C17H20O2/c1-3-4-5-7-10-15(2)19-17(18)14-13-16-11-8-6-9-12-16/h6-12,15H,3-5H2,1-2H3/b10-7+/t15-/m0/s1. The molecule has 0 aliphatic carbocycles. The van der Waals surface area contributed by atoms with Crippen LogP contribution in [-0.4, -0.2) is 12.1 Å². The molecule has 19 heavy (non-hydrogen) atoms. The highest BCUT2D eigenvalue weighted by atomic mass is 16.5. The number of esters is 1. The number of ether oxygens (including phenoxy) is 1. The van der Waals surface area contributed by atoms with E-state index < -0.39 is 5.97 Å². The molecule has 0 unspecified atom stereocenters. The first-order valence-electron chi connectivity index (χ1n) is 6.66. The maximum absolute atomic E-state index is 11.5. The lowest BCUT2D eigenvalue weighted by molar-refractivity contribution is -0.139. The van der Waals surface area contributed by atoms with Crippen LogP contribution in [0.1, 0.15) is 38.7 Å². The van der Waals surface area contributed by atoms with Crippen LogP contribution < -0.4 is 0 Å². The zero-order chi connectivity index (χ0) is 13.9. The van der Waals surface area contributed by atoms with Gasteiger partial charge in [-0.2, -0.15) is 0 Å². The summed E-state index contributed by atoms with van der Waals surface area (Å²) in [6.07, 6.45) is 7.07. The highest BCUT2D eigenvalue weighted by Gasteiger charge is 2.02. The second-order valence-electron chi connectivity index (χ2n) is 4.30. The Morgan fingerprint density at radius 2 is 2.11 bits per heavy atom. The van der Waals surface area contributed by atoms with Crippen LogP contribution >= 0.6 is 0 Å². The minimum absolute atomic E-state index is 0.227. The van der Waals surface area contributed by atoms with Crippen LogP contribution in [0.25, 0.3) is 0 Å². The number of rotatable bonds is 5. The predicted octanol–water partition coefficient (Wildman–Crippen LogP) is 3.72. The number of hydrogen-bond acceptors (Lipinski definition) is 2. The molecule has 0 aromatic heterocycles. The van der Waals surface area contributed by atoms with Gasteiger partial charge in [-0.25, -0.2) is 4.79 Å². The van der Waals surface area contributed by atoms with Crippen molar-refractivity contribution < 1.29 is 9.53 Å². The van der Waals surface area contributed by atoms with Gasteiger partial charge in [-0.05, 0) is 31.6 Å². The molecule has 1 atom stereocenters. The molecule has 0 saturated heterocycles. The number of allylic oxidation sites excluding steroid dienone is 1. The molecule has 2 heteroatoms. The quantitative estimate of drug-likeness (QED) is 0.347. The van der Waals surface area contributed by atoms with Gasteiger partial charge in [0, 0.05) is 11.5 Å². The molecule has 1 aromatic rings. The Labute approximate surface area is 115 Å². The summed E-state index contributed by atoms with van der Waals surface area (Å²) in [5, 5.41) is 0. The van der Waals surface area contributed by atoms with Gasteiger partial charge in [0.2, 0.25) is 0 Å². The van der Waals surface area contributed by atoms with E-state index in [2.05, 4.69) is 18.8 Å². The van der Waals surface area contributed by atoms with Crippen molar-refractivity contribution in [3.05, 3.63) is 48.0 Å². The highest BCUT2D eigenvalue weighted by Crippen LogP contribution is 2.00. The smallest absolute Gasteiger partial charge is 0.385 e. The summed E-state index contributed by atoms with van der Waals surface area (Å²) in [5.41, 5.74) is 0.811. The average molecular weight is 256 g/mol. The van der Waals surface area contributed by atoms with E-state index in [9.17, 15) is 4.79 Å². The molecule has 0 heterocycles. The molecule has 0 aliphatic heterocycles. The fourth-order valence-corrected chi connectivity index (χ4v) is 1.49. The summed E-state index contributed by atoms with van der Waals surface area (Å²) >= 11 is 0. The first-order chi connectivity index (χ1) is 9.22. The van der Waals surface area contributed by atoms with Crippen LogP contribution in [-0.2, 0) is 9.53 Å². The van der Waals surface area contributed by atoms with Crippen LogP contribution in [0.3, 0.4) is 0 Å². The first-order valence-corrected chi connectivity index (χ1v) is 6.66. The van der Waals surface area contributed by atoms with Gasteiger partial charge >= 0.3 is 5.97 Å². The summed E-state index contributed by atoms with van der Waals surface area (Å²) in [6.45, 7) is 3.99. The maximum atomic E-state index is 11.5. The van der Waals surface area contributed by atoms with Crippen LogP contribution in [0.2, 0.25) is 0 Å². The Bertz CT molecular complexity index is 463. The predicted molar refractivity (Wildman–Crippen MR) is 77.5 cm³/mol. The zero-order valence-electron chi connectivity index (χ0n) is 11.6. The summed E-state index contributed by atoms with van der Waals surface area (Å²) in [5.74, 6) is 4.77. The first kappa shape index (κ1) is 15.0. The number of benzene rings is 1. The molecule has 0 radical (unpaired) electrons. The molecular weight excluding hydrogens is 236 g/mol. The number of carbonyl (C=O) groups excluding carboxylic acids is 1. The van der Waals surface area contributed by atoms with Crippen molar-refractivity contribution in [3.8, 4) is 11.8 Å². The van der Waals surface area contributed by atoms with Crippen molar-refractivity contribution in [1.29, 1.82) is 0 Å². The largest absolute Gasteiger partial charge is 0.449 e. The van der Waals surface area contributed by atoms with E-state index in [0.29, 0.717) is 0 Å². The maximum Gasteiger partial charge on any atom is 0.385 e. The molecule has 0 spiro atoms. The van der Waals surface area contributed by atoms with E-state index in [1.807, 2.05) is 49.4 Å². The third kappa shape index (κ3) is 7.10. The monoisotopic (exact) mass is 256 g/mol. The van der Waals surface area contributed by atoms with E-state index in [-0.39, 0.29) is 6.10 Å². The van der Waals surface area contributed by atoms with Gasteiger partial charge in [0.25, 0.3) is 0 Å². The normalized spacial score (nSPS) is 11.7. The lowest BCUT2D eigenvalue weighted by atomic mass is 10.2. The van der Waals surface area contributed by atoms with E-state index in [1.165, 1.54) is 6.42 Å². The molecule has 0 saturated carbocycles. The van der Waals surface area contributed by atoms with Gasteiger partial charge in [0.15, 0.2) is 0 Å². The van der Waals surface area contributed by atoms with E-state index >= 15 is 0 Å². The van der Waals surface area contributed by atoms with Crippen molar-refractivity contribution in [3.63, 3.8) is 0 Å². The van der Waals surface area contributed by atoms with Crippen molar-refractivity contribution in [1.82, 2.24) is 0 Å². The summed E-state index contributed by atoms with van der Waals surface area (Å²) < 4.78 is 5.15. The molecule has 0 bridgehead atoms. The fourth-order valence-electron chi connectivity index (χ4n) is 1.49. The highest BCUT2D eigenvalue weighted by molar-refractivity contribution is 5.89. The minimum atomic E-state index is -0.489. The molecule has 2 nitrogen and oxygen atoms in total. The zero-order valence-corrected chi connectivity index (χ0v) is 11.6. The van der Waals surface area contributed by atoms with Crippen molar-refractivity contribution in [2.45, 2.75) is 39.2 Å². The van der Waals surface area contributed by atoms with Gasteiger partial charge in [0.05, 0.1) is 0 Å². The fraction of sp³-hybridized carbons (Fsp3) is 0.353. The Morgan fingerprint density at radius 3 is 2.79 bits per heavy atom. The molecule has 0 amide bonds. The van der Waals surface area contributed by atoms with E-state index in [1.54, 1.807) is 0 Å². The van der Waals surface area contributed by atoms with Gasteiger partial charge < -0.3 is 4.74 Å². The van der Waals surface area contributed by atoms with E-state index in [0.717, 1.165) is 18.4 Å². The van der Waals surface area contributed by atoms with Crippen molar-refractivity contribution >= 4 is 5.97 Å². The molecule has 0 aliphatic rings. The lowest BCUT2D eigenvalue weighted by Gasteiger charge is -2.04. The third-order valence-electron chi connectivity index (χ3n) is 2.51. The Balaban J connectivity index is 2.39. The van der Waals surface area contributed by atoms with Crippen LogP contribution in [0.4, 0.5) is 0 Å². The Kier molecular flexibility index (Phi) is 7.12. The second-order valence-corrected chi connectivity index (χ2v) is 4.30. The van der Waals surface area contributed by atoms with E-state index in [4.69, 9.17) is 4.74 Å². The minimum Gasteiger partial charge on any atom is -0.449 e. The van der Waals surface area contributed by atoms with Crippen LogP contribution in [0, 0.1) is 11.8 Å². The van der Waals surface area contributed by atoms with Gasteiger partial charge in [-0.1, -0.05) is 50.0 Å². The summed E-state index contributed by atoms with van der Waals surface area (Å²) in [6, 6.07) is 9.39. The molecular formula is C17H20O2. The Morgan fingerprint density at radius 1 is 1.37 bits per heavy atom. The molecule has 0 N–H and O–H groups in total. The lowest BCUT2D eigenvalue weighted by Crippen LogP contribution is -2.10. The van der Waals surface area contributed by atoms with Crippen LogP contribution in [0.15, 0.2) is 42.5 Å². The van der Waals surface area contributed by atoms with Gasteiger partial charge in [-0.15, -0.1) is 0 Å². The second kappa shape index (κ2) is 8.99. The molecule has 1 aromatic carbocycles. The summed E-state index contributed by atoms with van der Waals surface area (Å²) in [7, 11) is 0. The topological polar surface area (TPSA) is 26.3 Å². The third-order valence-corrected chi connectivity index (χ3v) is 2.51. The number of carbonyl (C=O) groups is 1.